The molecule has 1 aliphatic heterocycles. The maximum atomic E-state index is 13.8. The Morgan fingerprint density at radius 1 is 1.50 bits per heavy atom. The summed E-state index contributed by atoms with van der Waals surface area (Å²) in [6.45, 7) is 4.49. The van der Waals surface area contributed by atoms with Gasteiger partial charge < -0.3 is 15.1 Å². The van der Waals surface area contributed by atoms with Gasteiger partial charge in [-0.1, -0.05) is 13.0 Å². The van der Waals surface area contributed by atoms with Crippen molar-refractivity contribution < 1.29 is 14.6 Å². The first kappa shape index (κ1) is 13.3. The van der Waals surface area contributed by atoms with Crippen molar-refractivity contribution in [3.8, 4) is 0 Å². The Morgan fingerprint density at radius 2 is 2.22 bits per heavy atom. The van der Waals surface area contributed by atoms with Crippen molar-refractivity contribution in [3.05, 3.63) is 29.6 Å². The van der Waals surface area contributed by atoms with E-state index < -0.39 is 11.9 Å². The van der Waals surface area contributed by atoms with Crippen LogP contribution in [0, 0.1) is 11.7 Å². The molecule has 1 aromatic rings. The van der Waals surface area contributed by atoms with Crippen LogP contribution in [-0.4, -0.2) is 29.4 Å². The molecule has 0 aliphatic carbocycles. The predicted octanol–water partition coefficient (Wildman–Crippen LogP) is 2.09. The third-order valence-corrected chi connectivity index (χ3v) is 3.83. The zero-order valence-electron chi connectivity index (χ0n) is 10.8. The molecule has 0 amide bonds. The summed E-state index contributed by atoms with van der Waals surface area (Å²) >= 11 is 0. The van der Waals surface area contributed by atoms with Crippen molar-refractivity contribution in [1.29, 1.82) is 0 Å². The summed E-state index contributed by atoms with van der Waals surface area (Å²) in [6, 6.07) is 4.82. The predicted molar refractivity (Wildman–Crippen MR) is 69.0 cm³/mol. The summed E-state index contributed by atoms with van der Waals surface area (Å²) in [7, 11) is 0. The second-order valence-corrected chi connectivity index (χ2v) is 5.06. The lowest BCUT2D eigenvalue weighted by atomic mass is 10.0. The average Bonchev–Trinajstić information content (AvgIpc) is 2.69. The molecule has 0 spiro atoms. The van der Waals surface area contributed by atoms with Crippen LogP contribution >= 0.6 is 0 Å². The average molecular weight is 253 g/mol. The van der Waals surface area contributed by atoms with Gasteiger partial charge in [-0.05, 0) is 31.4 Å². The number of benzene rings is 1. The Hall–Kier alpha value is -1.13. The molecule has 1 fully saturated rings. The van der Waals surface area contributed by atoms with Gasteiger partial charge >= 0.3 is 0 Å². The second-order valence-electron chi connectivity index (χ2n) is 5.06. The van der Waals surface area contributed by atoms with Crippen LogP contribution in [0.1, 0.15) is 31.9 Å². The standard InChI is InChI=1S/C14H20FNO2/c1-9-6-7-16(13(9)8-17)12-5-3-4-11(15)14(12)10(2)18/h3-5,9-10,13,17-18H,6-8H2,1-2H3/t9?,10-,13?/m1/s1. The maximum Gasteiger partial charge on any atom is 0.131 e. The number of halogens is 1. The number of nitrogens with zero attached hydrogens (tertiary/aromatic N) is 1. The van der Waals surface area contributed by atoms with Crippen LogP contribution in [-0.2, 0) is 0 Å². The minimum Gasteiger partial charge on any atom is -0.394 e. The van der Waals surface area contributed by atoms with Gasteiger partial charge in [-0.15, -0.1) is 0 Å². The molecule has 18 heavy (non-hydrogen) atoms. The molecular formula is C14H20FNO2. The Labute approximate surface area is 107 Å². The van der Waals surface area contributed by atoms with Gasteiger partial charge in [-0.25, -0.2) is 4.39 Å². The van der Waals surface area contributed by atoms with Gasteiger partial charge in [0.1, 0.15) is 5.82 Å². The molecule has 0 saturated carbocycles. The smallest absolute Gasteiger partial charge is 0.131 e. The van der Waals surface area contributed by atoms with E-state index in [0.29, 0.717) is 17.2 Å². The fourth-order valence-electron chi connectivity index (χ4n) is 2.78. The van der Waals surface area contributed by atoms with Crippen molar-refractivity contribution in [1.82, 2.24) is 0 Å². The highest BCUT2D eigenvalue weighted by molar-refractivity contribution is 5.56. The first-order chi connectivity index (χ1) is 8.56. The Bertz CT molecular complexity index is 422. The zero-order valence-corrected chi connectivity index (χ0v) is 10.8. The summed E-state index contributed by atoms with van der Waals surface area (Å²) in [5.41, 5.74) is 1.03. The van der Waals surface area contributed by atoms with Crippen LogP contribution in [0.2, 0.25) is 0 Å². The summed E-state index contributed by atoms with van der Waals surface area (Å²) in [6.07, 6.45) is 0.123. The molecule has 2 N–H and O–H groups in total. The Morgan fingerprint density at radius 3 is 2.83 bits per heavy atom. The lowest BCUT2D eigenvalue weighted by Crippen LogP contribution is -2.36. The van der Waals surface area contributed by atoms with E-state index in [9.17, 15) is 14.6 Å². The summed E-state index contributed by atoms with van der Waals surface area (Å²) in [5.74, 6) is -0.0149. The highest BCUT2D eigenvalue weighted by Crippen LogP contribution is 2.35. The molecule has 3 atom stereocenters. The van der Waals surface area contributed by atoms with Crippen molar-refractivity contribution >= 4 is 5.69 Å². The van der Waals surface area contributed by atoms with E-state index in [0.717, 1.165) is 13.0 Å². The highest BCUT2D eigenvalue weighted by Gasteiger charge is 2.32. The largest absolute Gasteiger partial charge is 0.394 e. The first-order valence-corrected chi connectivity index (χ1v) is 6.40. The molecule has 4 heteroatoms. The molecule has 0 radical (unpaired) electrons. The van der Waals surface area contributed by atoms with E-state index in [4.69, 9.17) is 0 Å². The van der Waals surface area contributed by atoms with Gasteiger partial charge in [-0.3, -0.25) is 0 Å². The number of hydrogen-bond donors (Lipinski definition) is 2. The molecule has 0 aromatic heterocycles. The molecule has 1 aromatic carbocycles. The van der Waals surface area contributed by atoms with E-state index in [1.807, 2.05) is 11.0 Å². The molecule has 0 bridgehead atoms. The van der Waals surface area contributed by atoms with Gasteiger partial charge in [-0.2, -0.15) is 0 Å². The number of anilines is 1. The van der Waals surface area contributed by atoms with Gasteiger partial charge in [0.2, 0.25) is 0 Å². The molecule has 2 unspecified atom stereocenters. The van der Waals surface area contributed by atoms with E-state index in [1.165, 1.54) is 6.07 Å². The van der Waals surface area contributed by atoms with Crippen LogP contribution in [0.3, 0.4) is 0 Å². The number of aliphatic hydroxyl groups excluding tert-OH is 2. The summed E-state index contributed by atoms with van der Waals surface area (Å²) < 4.78 is 13.8. The molecule has 1 saturated heterocycles. The fraction of sp³-hybridized carbons (Fsp3) is 0.571. The lowest BCUT2D eigenvalue weighted by molar-refractivity contribution is 0.193. The first-order valence-electron chi connectivity index (χ1n) is 6.40. The highest BCUT2D eigenvalue weighted by atomic mass is 19.1. The van der Waals surface area contributed by atoms with Crippen LogP contribution in [0.15, 0.2) is 18.2 Å². The SMILES string of the molecule is CC1CCN(c2cccc(F)c2[C@@H](C)O)C1CO. The van der Waals surface area contributed by atoms with Crippen LogP contribution in [0.5, 0.6) is 0 Å². The molecular weight excluding hydrogens is 233 g/mol. The molecule has 3 nitrogen and oxygen atoms in total. The maximum absolute atomic E-state index is 13.8. The van der Waals surface area contributed by atoms with E-state index in [-0.39, 0.29) is 12.6 Å². The van der Waals surface area contributed by atoms with Gasteiger partial charge in [0.15, 0.2) is 0 Å². The monoisotopic (exact) mass is 253 g/mol. The number of aliphatic hydroxyl groups is 2. The van der Waals surface area contributed by atoms with Crippen molar-refractivity contribution in [2.75, 3.05) is 18.1 Å². The summed E-state index contributed by atoms with van der Waals surface area (Å²) in [5, 5.41) is 19.2. The Kier molecular flexibility index (Phi) is 3.88. The van der Waals surface area contributed by atoms with Gasteiger partial charge in [0.05, 0.1) is 18.8 Å². The minimum atomic E-state index is -0.851. The fourth-order valence-corrected chi connectivity index (χ4v) is 2.78. The Balaban J connectivity index is 2.42. The van der Waals surface area contributed by atoms with Gasteiger partial charge in [0.25, 0.3) is 0 Å². The van der Waals surface area contributed by atoms with Crippen LogP contribution < -0.4 is 4.90 Å². The van der Waals surface area contributed by atoms with Crippen LogP contribution in [0.4, 0.5) is 10.1 Å². The molecule has 100 valence electrons. The van der Waals surface area contributed by atoms with Crippen LogP contribution in [0.25, 0.3) is 0 Å². The quantitative estimate of drug-likeness (QED) is 0.867. The normalized spacial score (nSPS) is 25.5. The molecule has 1 aliphatic rings. The van der Waals surface area contributed by atoms with Crippen molar-refractivity contribution in [2.45, 2.75) is 32.4 Å². The second kappa shape index (κ2) is 5.24. The minimum absolute atomic E-state index is 0.00398. The lowest BCUT2D eigenvalue weighted by Gasteiger charge is -2.30. The van der Waals surface area contributed by atoms with Crippen molar-refractivity contribution in [3.63, 3.8) is 0 Å². The number of rotatable bonds is 3. The van der Waals surface area contributed by atoms with E-state index in [2.05, 4.69) is 6.92 Å². The third-order valence-electron chi connectivity index (χ3n) is 3.83. The topological polar surface area (TPSA) is 43.7 Å². The zero-order chi connectivity index (χ0) is 13.3. The van der Waals surface area contributed by atoms with E-state index in [1.54, 1.807) is 13.0 Å². The molecule has 1 heterocycles. The van der Waals surface area contributed by atoms with Gasteiger partial charge in [0, 0.05) is 17.8 Å². The molecule has 2 rings (SSSR count). The third kappa shape index (κ3) is 2.22. The van der Waals surface area contributed by atoms with Crippen molar-refractivity contribution in [2.24, 2.45) is 5.92 Å². The summed E-state index contributed by atoms with van der Waals surface area (Å²) in [4.78, 5) is 2.01. The van der Waals surface area contributed by atoms with E-state index >= 15 is 0 Å². The number of hydrogen-bond acceptors (Lipinski definition) is 3.